The average molecular weight is 1250 g/mol. The van der Waals surface area contributed by atoms with Crippen molar-refractivity contribution in [2.75, 3.05) is 0 Å². The van der Waals surface area contributed by atoms with Crippen LogP contribution in [0, 0.1) is 34.0 Å². The largest absolute Gasteiger partial charge is 0.309 e. The van der Waals surface area contributed by atoms with Crippen LogP contribution in [0.3, 0.4) is 0 Å². The van der Waals surface area contributed by atoms with Gasteiger partial charge in [-0.3, -0.25) is 0 Å². The van der Waals surface area contributed by atoms with Crippen molar-refractivity contribution in [2.45, 2.75) is 0 Å². The van der Waals surface area contributed by atoms with Crippen molar-refractivity contribution in [3.63, 3.8) is 0 Å². The van der Waals surface area contributed by atoms with Gasteiger partial charge >= 0.3 is 0 Å². The van der Waals surface area contributed by atoms with Crippen LogP contribution in [0.2, 0.25) is 0 Å². The SMILES string of the molecule is N#Cc1ccc(-c2ccc(-c3nc(-c4cccc(-c5cccc(C#N)c5)c4)nc(-c4ccc(-c5ccc(C#N)cc5)c(-n5c6ccc(-c7ccccc7)cc6c6cc(-c7ccccc7)ccc65)c4)n3)cc2-n2c3ccc(-c4ccccc4)cc3c3cc(-c4ccccc4)ccc32)cc1. The Morgan fingerprint density at radius 2 is 0.480 bits per heavy atom. The Bertz CT molecular complexity index is 5590. The van der Waals surface area contributed by atoms with E-state index in [1.807, 2.05) is 115 Å². The summed E-state index contributed by atoms with van der Waals surface area (Å²) in [6.45, 7) is 0. The summed E-state index contributed by atoms with van der Waals surface area (Å²) in [6.07, 6.45) is 0. The van der Waals surface area contributed by atoms with Gasteiger partial charge in [-0.05, 0) is 170 Å². The van der Waals surface area contributed by atoms with Gasteiger partial charge < -0.3 is 9.13 Å². The van der Waals surface area contributed by atoms with Gasteiger partial charge in [0.25, 0.3) is 0 Å². The zero-order chi connectivity index (χ0) is 65.6. The molecule has 0 aliphatic rings. The fourth-order valence-electron chi connectivity index (χ4n) is 13.8. The molecule has 0 aliphatic carbocycles. The minimum absolute atomic E-state index is 0.449. The van der Waals surface area contributed by atoms with Crippen molar-refractivity contribution in [3.05, 3.63) is 344 Å². The van der Waals surface area contributed by atoms with Crippen LogP contribution < -0.4 is 0 Å². The number of rotatable bonds is 12. The summed E-state index contributed by atoms with van der Waals surface area (Å²) in [7, 11) is 0. The van der Waals surface area contributed by atoms with E-state index in [0.29, 0.717) is 34.2 Å². The Labute approximate surface area is 566 Å². The number of hydrogen-bond acceptors (Lipinski definition) is 6. The third-order valence-corrected chi connectivity index (χ3v) is 18.7. The van der Waals surface area contributed by atoms with E-state index in [4.69, 9.17) is 15.0 Å². The number of aromatic nitrogens is 5. The van der Waals surface area contributed by atoms with E-state index in [1.165, 1.54) is 0 Å². The second-order valence-corrected chi connectivity index (χ2v) is 24.5. The summed E-state index contributed by atoms with van der Waals surface area (Å²) in [5, 5.41) is 34.5. The van der Waals surface area contributed by atoms with Crippen LogP contribution in [0.1, 0.15) is 16.7 Å². The van der Waals surface area contributed by atoms with E-state index in [0.717, 1.165) is 150 Å². The first-order valence-corrected chi connectivity index (χ1v) is 32.5. The predicted octanol–water partition coefficient (Wildman–Crippen LogP) is 22.4. The summed E-state index contributed by atoms with van der Waals surface area (Å²) in [6, 6.07) is 120. The molecule has 454 valence electrons. The zero-order valence-electron chi connectivity index (χ0n) is 52.8. The fraction of sp³-hybridized carbons (Fsp3) is 0. The molecule has 17 aromatic rings. The number of hydrogen-bond donors (Lipinski definition) is 0. The molecule has 0 amide bonds. The highest BCUT2D eigenvalue weighted by atomic mass is 15.0. The van der Waals surface area contributed by atoms with E-state index < -0.39 is 0 Å². The molecule has 0 bridgehead atoms. The van der Waals surface area contributed by atoms with Gasteiger partial charge in [0, 0.05) is 49.4 Å². The quantitative estimate of drug-likeness (QED) is 0.120. The van der Waals surface area contributed by atoms with Crippen LogP contribution in [0.5, 0.6) is 0 Å². The van der Waals surface area contributed by atoms with Crippen molar-refractivity contribution in [1.29, 1.82) is 15.8 Å². The molecule has 14 aromatic carbocycles. The first kappa shape index (κ1) is 58.0. The van der Waals surface area contributed by atoms with Crippen LogP contribution in [0.15, 0.2) is 328 Å². The first-order chi connectivity index (χ1) is 48.4. The maximum atomic E-state index is 10.0. The van der Waals surface area contributed by atoms with Gasteiger partial charge in [-0.15, -0.1) is 0 Å². The Hall–Kier alpha value is -13.8. The molecule has 3 heterocycles. The molecule has 8 heteroatoms. The monoisotopic (exact) mass is 1250 g/mol. The Morgan fingerprint density at radius 3 is 0.827 bits per heavy atom. The minimum atomic E-state index is 0.449. The lowest BCUT2D eigenvalue weighted by Crippen LogP contribution is -2.03. The van der Waals surface area contributed by atoms with E-state index in [2.05, 4.69) is 240 Å². The highest BCUT2D eigenvalue weighted by molar-refractivity contribution is 6.14. The van der Waals surface area contributed by atoms with Crippen molar-refractivity contribution >= 4 is 43.6 Å². The zero-order valence-corrected chi connectivity index (χ0v) is 52.8. The van der Waals surface area contributed by atoms with Crippen LogP contribution in [-0.2, 0) is 0 Å². The molecule has 0 aliphatic heterocycles. The summed E-state index contributed by atoms with van der Waals surface area (Å²) in [5.41, 5.74) is 24.3. The molecule has 0 saturated carbocycles. The molecule has 0 unspecified atom stereocenters. The van der Waals surface area contributed by atoms with E-state index in [-0.39, 0.29) is 0 Å². The lowest BCUT2D eigenvalue weighted by atomic mass is 9.98. The number of nitrogens with zero attached hydrogens (tertiary/aromatic N) is 8. The van der Waals surface area contributed by atoms with E-state index >= 15 is 0 Å². The topological polar surface area (TPSA) is 120 Å². The normalized spacial score (nSPS) is 11.2. The minimum Gasteiger partial charge on any atom is -0.309 e. The highest BCUT2D eigenvalue weighted by Crippen LogP contribution is 2.44. The van der Waals surface area contributed by atoms with Gasteiger partial charge in [0.05, 0.1) is 68.3 Å². The van der Waals surface area contributed by atoms with Gasteiger partial charge in [0.15, 0.2) is 17.5 Å². The summed E-state index contributed by atoms with van der Waals surface area (Å²) < 4.78 is 4.72. The molecule has 0 radical (unpaired) electrons. The Kier molecular flexibility index (Phi) is 14.5. The van der Waals surface area contributed by atoms with Crippen molar-refractivity contribution in [3.8, 4) is 142 Å². The van der Waals surface area contributed by atoms with Gasteiger partial charge in [-0.1, -0.05) is 224 Å². The molecule has 17 rings (SSSR count). The van der Waals surface area contributed by atoms with Crippen molar-refractivity contribution in [2.24, 2.45) is 0 Å². The molecule has 0 saturated heterocycles. The van der Waals surface area contributed by atoms with Gasteiger partial charge in [-0.2, -0.15) is 15.8 Å². The summed E-state index contributed by atoms with van der Waals surface area (Å²) in [4.78, 5) is 16.5. The smallest absolute Gasteiger partial charge is 0.164 e. The van der Waals surface area contributed by atoms with Crippen LogP contribution in [-0.4, -0.2) is 24.1 Å². The van der Waals surface area contributed by atoms with E-state index in [9.17, 15) is 15.8 Å². The molecule has 98 heavy (non-hydrogen) atoms. The van der Waals surface area contributed by atoms with Gasteiger partial charge in [0.2, 0.25) is 0 Å². The predicted molar refractivity (Wildman–Crippen MR) is 397 cm³/mol. The van der Waals surface area contributed by atoms with Crippen LogP contribution in [0.25, 0.3) is 167 Å². The van der Waals surface area contributed by atoms with Crippen molar-refractivity contribution < 1.29 is 0 Å². The third kappa shape index (κ3) is 10.6. The third-order valence-electron chi connectivity index (χ3n) is 18.7. The average Bonchev–Trinajstić information content (AvgIpc) is 1.57. The van der Waals surface area contributed by atoms with Gasteiger partial charge in [0.1, 0.15) is 0 Å². The lowest BCUT2D eigenvalue weighted by Gasteiger charge is -2.18. The number of benzene rings is 14. The molecular formula is C90H54N8. The second kappa shape index (κ2) is 24.6. The van der Waals surface area contributed by atoms with Crippen LogP contribution in [0.4, 0.5) is 0 Å². The maximum absolute atomic E-state index is 10.0. The number of fused-ring (bicyclic) bond motifs is 6. The molecule has 0 atom stereocenters. The van der Waals surface area contributed by atoms with Crippen molar-refractivity contribution in [1.82, 2.24) is 24.1 Å². The summed E-state index contributed by atoms with van der Waals surface area (Å²) in [5.74, 6) is 1.35. The molecular weight excluding hydrogens is 1190 g/mol. The van der Waals surface area contributed by atoms with Crippen LogP contribution >= 0.6 is 0 Å². The standard InChI is InChI=1S/C90H54N8/c91-55-58-27-31-65(32-28-58)76-41-35-74(53-86(76)97-82-43-37-69(61-16-5-1-6-17-61)49-78(82)79-50-70(38-44-83(79)97)62-18-7-2-8-19-62)89-94-88(73-26-14-25-68(48-73)67-24-13-15-60(47-67)57-93)95-90(96-89)75-36-42-77(66-33-29-59(56-92)30-34-66)87(54-75)98-84-45-39-71(63-20-9-3-10-21-63)51-80(84)81-52-72(40-46-85(81)98)64-22-11-4-12-23-64/h1-54H. The fourth-order valence-corrected chi connectivity index (χ4v) is 13.8. The molecule has 3 aromatic heterocycles. The maximum Gasteiger partial charge on any atom is 0.164 e. The first-order valence-electron chi connectivity index (χ1n) is 32.5. The van der Waals surface area contributed by atoms with E-state index in [1.54, 1.807) is 0 Å². The second-order valence-electron chi connectivity index (χ2n) is 24.5. The molecule has 0 N–H and O–H groups in total. The highest BCUT2D eigenvalue weighted by Gasteiger charge is 2.24. The Balaban J connectivity index is 0.915. The Morgan fingerprint density at radius 1 is 0.204 bits per heavy atom. The lowest BCUT2D eigenvalue weighted by molar-refractivity contribution is 1.07. The summed E-state index contributed by atoms with van der Waals surface area (Å²) >= 11 is 0. The number of nitriles is 3. The molecule has 0 spiro atoms. The molecule has 8 nitrogen and oxygen atoms in total. The molecule has 0 fully saturated rings. The van der Waals surface area contributed by atoms with Gasteiger partial charge in [-0.25, -0.2) is 15.0 Å².